The standard InChI is InChI=1S/C17H20Cl2N2S.HNO3/c18-13-6-7-15(16(19)10-13)17(11-21-9-8-20-12-21)22-14-4-2-1-3-5-14;2-1(3)4/h6-10,12,14,17H,1-5,11H2;(H,2,3,4). The highest BCUT2D eigenvalue weighted by molar-refractivity contribution is 8.00. The van der Waals surface area contributed by atoms with Crippen LogP contribution in [0.5, 0.6) is 0 Å². The second kappa shape index (κ2) is 10.6. The van der Waals surface area contributed by atoms with Crippen LogP contribution >= 0.6 is 35.0 Å². The van der Waals surface area contributed by atoms with Gasteiger partial charge in [-0.25, -0.2) is 4.98 Å². The number of nitrogens with zero attached hydrogens (tertiary/aromatic N) is 3. The smallest absolute Gasteiger partial charge is 0.291 e. The van der Waals surface area contributed by atoms with E-state index in [1.807, 2.05) is 30.9 Å². The summed E-state index contributed by atoms with van der Waals surface area (Å²) in [5.74, 6) is 0. The minimum Gasteiger partial charge on any atom is -0.336 e. The van der Waals surface area contributed by atoms with Gasteiger partial charge in [-0.15, -0.1) is 21.9 Å². The van der Waals surface area contributed by atoms with Gasteiger partial charge in [0, 0.05) is 39.5 Å². The number of rotatable bonds is 5. The normalized spacial score (nSPS) is 15.8. The molecule has 6 nitrogen and oxygen atoms in total. The van der Waals surface area contributed by atoms with E-state index in [-0.39, 0.29) is 0 Å². The quantitative estimate of drug-likeness (QED) is 0.501. The first-order valence-corrected chi connectivity index (χ1v) is 10.0. The van der Waals surface area contributed by atoms with Gasteiger partial charge in [-0.1, -0.05) is 48.5 Å². The highest BCUT2D eigenvalue weighted by atomic mass is 35.5. The SMILES string of the molecule is Clc1ccc(C(Cn2ccnc2)SC2CCCCC2)c(Cl)c1.O=[N+]([O-])O. The van der Waals surface area contributed by atoms with Crippen LogP contribution in [0.1, 0.15) is 42.9 Å². The van der Waals surface area contributed by atoms with Crippen molar-refractivity contribution in [1.82, 2.24) is 9.55 Å². The average molecular weight is 418 g/mol. The Morgan fingerprint density at radius 1 is 1.35 bits per heavy atom. The van der Waals surface area contributed by atoms with Gasteiger partial charge in [0.2, 0.25) is 0 Å². The molecule has 1 saturated carbocycles. The summed E-state index contributed by atoms with van der Waals surface area (Å²) in [6, 6.07) is 5.86. The van der Waals surface area contributed by atoms with Gasteiger partial charge in [0.05, 0.1) is 6.33 Å². The summed E-state index contributed by atoms with van der Waals surface area (Å²) in [4.78, 5) is 12.5. The van der Waals surface area contributed by atoms with Gasteiger partial charge in [0.1, 0.15) is 0 Å². The number of hydrogen-bond acceptors (Lipinski definition) is 4. The van der Waals surface area contributed by atoms with E-state index >= 15 is 0 Å². The molecule has 142 valence electrons. The second-order valence-corrected chi connectivity index (χ2v) is 8.40. The molecule has 26 heavy (non-hydrogen) atoms. The van der Waals surface area contributed by atoms with Crippen LogP contribution in [0.2, 0.25) is 10.0 Å². The summed E-state index contributed by atoms with van der Waals surface area (Å²) in [6.45, 7) is 0.891. The largest absolute Gasteiger partial charge is 0.336 e. The third-order valence-corrected chi connectivity index (χ3v) is 6.30. The summed E-state index contributed by atoms with van der Waals surface area (Å²) < 4.78 is 2.13. The molecule has 0 radical (unpaired) electrons. The van der Waals surface area contributed by atoms with Crippen molar-refractivity contribution < 1.29 is 10.3 Å². The zero-order chi connectivity index (χ0) is 18.9. The Bertz CT molecular complexity index is 691. The molecule has 1 aromatic heterocycles. The number of hydrogen-bond donors (Lipinski definition) is 1. The van der Waals surface area contributed by atoms with Gasteiger partial charge in [-0.2, -0.15) is 0 Å². The third-order valence-electron chi connectivity index (χ3n) is 4.15. The van der Waals surface area contributed by atoms with Crippen LogP contribution in [0.3, 0.4) is 0 Å². The molecule has 0 spiro atoms. The topological polar surface area (TPSA) is 81.2 Å². The molecule has 3 rings (SSSR count). The van der Waals surface area contributed by atoms with Crippen LogP contribution in [0.15, 0.2) is 36.9 Å². The van der Waals surface area contributed by atoms with E-state index in [0.29, 0.717) is 10.3 Å². The van der Waals surface area contributed by atoms with Crippen LogP contribution in [0, 0.1) is 10.1 Å². The molecule has 2 aromatic rings. The van der Waals surface area contributed by atoms with E-state index < -0.39 is 5.09 Å². The lowest BCUT2D eigenvalue weighted by Crippen LogP contribution is -2.14. The van der Waals surface area contributed by atoms with Gasteiger partial charge >= 0.3 is 0 Å². The van der Waals surface area contributed by atoms with E-state index in [9.17, 15) is 0 Å². The summed E-state index contributed by atoms with van der Waals surface area (Å²) >= 11 is 14.6. The van der Waals surface area contributed by atoms with Crippen molar-refractivity contribution in [3.8, 4) is 0 Å². The first kappa shape index (κ1) is 20.9. The summed E-state index contributed by atoms with van der Waals surface area (Å²) in [5, 5.41) is 16.2. The van der Waals surface area contributed by atoms with Crippen molar-refractivity contribution in [3.05, 3.63) is 62.6 Å². The Labute approximate surface area is 166 Å². The van der Waals surface area contributed by atoms with E-state index in [0.717, 1.165) is 16.8 Å². The fourth-order valence-electron chi connectivity index (χ4n) is 3.00. The molecular formula is C17H21Cl2N3O3S. The first-order valence-electron chi connectivity index (χ1n) is 8.35. The number of thioether (sulfide) groups is 1. The molecule has 0 saturated heterocycles. The second-order valence-electron chi connectivity index (χ2n) is 6.05. The van der Waals surface area contributed by atoms with Crippen molar-refractivity contribution in [3.63, 3.8) is 0 Å². The van der Waals surface area contributed by atoms with Crippen LogP contribution in [0.4, 0.5) is 0 Å². The van der Waals surface area contributed by atoms with Crippen molar-refractivity contribution in [2.24, 2.45) is 0 Å². The number of halogens is 2. The number of aromatic nitrogens is 2. The monoisotopic (exact) mass is 417 g/mol. The third kappa shape index (κ3) is 7.05. The molecule has 1 aliphatic carbocycles. The highest BCUT2D eigenvalue weighted by Crippen LogP contribution is 2.42. The zero-order valence-electron chi connectivity index (χ0n) is 14.1. The molecule has 9 heteroatoms. The van der Waals surface area contributed by atoms with E-state index in [4.69, 9.17) is 38.5 Å². The summed E-state index contributed by atoms with van der Waals surface area (Å²) in [5.41, 5.74) is 1.18. The fourth-order valence-corrected chi connectivity index (χ4v) is 5.28. The summed E-state index contributed by atoms with van der Waals surface area (Å²) in [6.07, 6.45) is 12.4. The lowest BCUT2D eigenvalue weighted by Gasteiger charge is -2.27. The maximum Gasteiger partial charge on any atom is 0.291 e. The van der Waals surface area contributed by atoms with Crippen molar-refractivity contribution >= 4 is 35.0 Å². The minimum absolute atomic E-state index is 0.335. The maximum atomic E-state index is 8.36. The Morgan fingerprint density at radius 3 is 2.62 bits per heavy atom. The molecule has 1 fully saturated rings. The van der Waals surface area contributed by atoms with E-state index in [1.165, 1.54) is 37.7 Å². The van der Waals surface area contributed by atoms with Gasteiger partial charge in [-0.05, 0) is 30.5 Å². The molecule has 1 unspecified atom stereocenters. The summed E-state index contributed by atoms with van der Waals surface area (Å²) in [7, 11) is 0. The maximum absolute atomic E-state index is 8.36. The molecule has 1 aliphatic rings. The lowest BCUT2D eigenvalue weighted by molar-refractivity contribution is -0.742. The van der Waals surface area contributed by atoms with Gasteiger partial charge < -0.3 is 9.77 Å². The highest BCUT2D eigenvalue weighted by Gasteiger charge is 2.23. The average Bonchev–Trinajstić information content (AvgIpc) is 3.08. The van der Waals surface area contributed by atoms with Gasteiger partial charge in [0.15, 0.2) is 0 Å². The molecule has 0 bridgehead atoms. The van der Waals surface area contributed by atoms with Gasteiger partial charge in [0.25, 0.3) is 5.09 Å². The molecule has 1 heterocycles. The Hall–Kier alpha value is -1.44. The molecule has 1 N–H and O–H groups in total. The zero-order valence-corrected chi connectivity index (χ0v) is 16.5. The first-order chi connectivity index (χ1) is 12.5. The predicted molar refractivity (Wildman–Crippen MR) is 105 cm³/mol. The van der Waals surface area contributed by atoms with Crippen LogP contribution in [0.25, 0.3) is 0 Å². The molecule has 1 aromatic carbocycles. The van der Waals surface area contributed by atoms with Crippen LogP contribution in [-0.2, 0) is 6.54 Å². The van der Waals surface area contributed by atoms with E-state index in [1.54, 1.807) is 0 Å². The van der Waals surface area contributed by atoms with Crippen LogP contribution < -0.4 is 0 Å². The Balaban J connectivity index is 0.000000552. The number of benzene rings is 1. The van der Waals surface area contributed by atoms with Gasteiger partial charge in [-0.3, -0.25) is 0 Å². The Kier molecular flexibility index (Phi) is 8.54. The fraction of sp³-hybridized carbons (Fsp3) is 0.471. The van der Waals surface area contributed by atoms with Crippen LogP contribution in [-0.4, -0.2) is 25.1 Å². The minimum atomic E-state index is -1.50. The molecular weight excluding hydrogens is 397 g/mol. The number of imidazole rings is 1. The molecule has 0 amide bonds. The molecule has 1 atom stereocenters. The molecule has 0 aliphatic heterocycles. The predicted octanol–water partition coefficient (Wildman–Crippen LogP) is 5.65. The van der Waals surface area contributed by atoms with E-state index in [2.05, 4.69) is 27.4 Å². The van der Waals surface area contributed by atoms with Crippen molar-refractivity contribution in [2.75, 3.05) is 0 Å². The Morgan fingerprint density at radius 2 is 2.04 bits per heavy atom. The lowest BCUT2D eigenvalue weighted by atomic mass is 10.0. The van der Waals surface area contributed by atoms with Crippen molar-refractivity contribution in [2.45, 2.75) is 49.1 Å². The van der Waals surface area contributed by atoms with Crippen molar-refractivity contribution in [1.29, 1.82) is 0 Å².